The lowest BCUT2D eigenvalue weighted by Crippen LogP contribution is -2.23. The molecule has 1 amide bonds. The van der Waals surface area contributed by atoms with Crippen LogP contribution >= 0.6 is 0 Å². The second-order valence-corrected chi connectivity index (χ2v) is 7.15. The molecule has 33 heavy (non-hydrogen) atoms. The Balaban J connectivity index is 1.65. The van der Waals surface area contributed by atoms with Crippen LogP contribution in [0.2, 0.25) is 0 Å². The van der Waals surface area contributed by atoms with E-state index in [2.05, 4.69) is 5.32 Å². The highest BCUT2D eigenvalue weighted by atomic mass is 16.5. The summed E-state index contributed by atoms with van der Waals surface area (Å²) in [7, 11) is 3.02. The number of amides is 1. The Morgan fingerprint density at radius 3 is 2.61 bits per heavy atom. The van der Waals surface area contributed by atoms with E-state index in [0.29, 0.717) is 33.9 Å². The number of fused-ring (bicyclic) bond motifs is 1. The van der Waals surface area contributed by atoms with Crippen LogP contribution in [0.5, 0.6) is 17.2 Å². The predicted molar refractivity (Wildman–Crippen MR) is 123 cm³/mol. The molecule has 2 aromatic heterocycles. The van der Waals surface area contributed by atoms with Gasteiger partial charge in [-0.2, -0.15) is 0 Å². The van der Waals surface area contributed by atoms with E-state index in [1.165, 1.54) is 20.5 Å². The lowest BCUT2D eigenvalue weighted by atomic mass is 10.1. The quantitative estimate of drug-likeness (QED) is 0.418. The number of ether oxygens (including phenoxy) is 3. The van der Waals surface area contributed by atoms with Gasteiger partial charge in [0.1, 0.15) is 17.1 Å². The summed E-state index contributed by atoms with van der Waals surface area (Å²) in [5, 5.41) is 3.08. The molecule has 0 aliphatic carbocycles. The number of furan rings is 1. The van der Waals surface area contributed by atoms with E-state index >= 15 is 0 Å². The van der Waals surface area contributed by atoms with Crippen molar-refractivity contribution in [2.75, 3.05) is 26.1 Å². The van der Waals surface area contributed by atoms with E-state index in [1.54, 1.807) is 42.5 Å². The van der Waals surface area contributed by atoms with Gasteiger partial charge < -0.3 is 28.4 Å². The zero-order valence-corrected chi connectivity index (χ0v) is 18.5. The molecule has 4 rings (SSSR count). The van der Waals surface area contributed by atoms with E-state index < -0.39 is 12.5 Å². The third-order valence-electron chi connectivity index (χ3n) is 5.09. The molecular formula is C25H23NO7. The van der Waals surface area contributed by atoms with Crippen LogP contribution < -0.4 is 25.0 Å². The molecule has 0 spiro atoms. The predicted octanol–water partition coefficient (Wildman–Crippen LogP) is 4.65. The lowest BCUT2D eigenvalue weighted by molar-refractivity contribution is -0.118. The third kappa shape index (κ3) is 4.55. The molecule has 0 radical (unpaired) electrons. The second-order valence-electron chi connectivity index (χ2n) is 7.15. The van der Waals surface area contributed by atoms with Crippen molar-refractivity contribution in [2.45, 2.75) is 13.3 Å². The summed E-state index contributed by atoms with van der Waals surface area (Å²) in [6, 6.07) is 13.7. The molecule has 0 saturated heterocycles. The average molecular weight is 449 g/mol. The second kappa shape index (κ2) is 9.52. The minimum absolute atomic E-state index is 0.0986. The van der Waals surface area contributed by atoms with Gasteiger partial charge >= 0.3 is 0 Å². The molecule has 0 aliphatic rings. The molecule has 0 saturated carbocycles. The van der Waals surface area contributed by atoms with Gasteiger partial charge in [0.15, 0.2) is 12.4 Å². The van der Waals surface area contributed by atoms with E-state index in [-0.39, 0.29) is 16.9 Å². The Morgan fingerprint density at radius 1 is 1.06 bits per heavy atom. The van der Waals surface area contributed by atoms with Crippen molar-refractivity contribution in [1.29, 1.82) is 0 Å². The maximum absolute atomic E-state index is 13.3. The van der Waals surface area contributed by atoms with Crippen molar-refractivity contribution >= 4 is 22.6 Å². The number of aryl methyl sites for hydroxylation is 1. The minimum Gasteiger partial charge on any atom is -0.497 e. The van der Waals surface area contributed by atoms with Gasteiger partial charge in [0.2, 0.25) is 16.9 Å². The Morgan fingerprint density at radius 2 is 1.91 bits per heavy atom. The van der Waals surface area contributed by atoms with E-state index in [4.69, 9.17) is 23.0 Å². The fourth-order valence-electron chi connectivity index (χ4n) is 3.38. The summed E-state index contributed by atoms with van der Waals surface area (Å²) in [5.74, 6) is 0.853. The van der Waals surface area contributed by atoms with Gasteiger partial charge in [-0.1, -0.05) is 13.0 Å². The topological polar surface area (TPSA) is 100 Å². The molecule has 0 atom stereocenters. The third-order valence-corrected chi connectivity index (χ3v) is 5.09. The smallest absolute Gasteiger partial charge is 0.262 e. The Bertz CT molecular complexity index is 1340. The van der Waals surface area contributed by atoms with Crippen LogP contribution in [-0.4, -0.2) is 26.7 Å². The van der Waals surface area contributed by atoms with Crippen molar-refractivity contribution in [1.82, 2.24) is 0 Å². The van der Waals surface area contributed by atoms with Crippen LogP contribution in [0, 0.1) is 0 Å². The molecule has 170 valence electrons. The van der Waals surface area contributed by atoms with Crippen LogP contribution in [0.3, 0.4) is 0 Å². The monoisotopic (exact) mass is 449 g/mol. The highest BCUT2D eigenvalue weighted by Crippen LogP contribution is 2.32. The van der Waals surface area contributed by atoms with Crippen molar-refractivity contribution in [3.8, 4) is 28.8 Å². The van der Waals surface area contributed by atoms with E-state index in [1.807, 2.05) is 13.0 Å². The van der Waals surface area contributed by atoms with Crippen LogP contribution in [0.1, 0.15) is 12.5 Å². The van der Waals surface area contributed by atoms with Gasteiger partial charge in [-0.05, 0) is 48.4 Å². The maximum atomic E-state index is 13.3. The standard InChI is InChI=1S/C25H23NO7/c1-4-15-7-9-19-17(12-15)23(28)25(24(33-19)21-6-5-11-31-21)32-14-22(27)26-18-13-16(29-2)8-10-20(18)30-3/h5-13H,4,14H2,1-3H3,(H,26,27). The minimum atomic E-state index is -0.492. The van der Waals surface area contributed by atoms with Gasteiger partial charge in [-0.3, -0.25) is 9.59 Å². The van der Waals surface area contributed by atoms with E-state index in [9.17, 15) is 9.59 Å². The van der Waals surface area contributed by atoms with Gasteiger partial charge in [-0.15, -0.1) is 0 Å². The number of benzene rings is 2. The number of methoxy groups -OCH3 is 2. The zero-order valence-electron chi connectivity index (χ0n) is 18.5. The average Bonchev–Trinajstić information content (AvgIpc) is 3.38. The Hall–Kier alpha value is -4.20. The van der Waals surface area contributed by atoms with Gasteiger partial charge in [0.25, 0.3) is 5.91 Å². The summed E-state index contributed by atoms with van der Waals surface area (Å²) in [6.07, 6.45) is 2.22. The first kappa shape index (κ1) is 22.0. The molecule has 2 heterocycles. The van der Waals surface area contributed by atoms with Crippen molar-refractivity contribution in [2.24, 2.45) is 0 Å². The van der Waals surface area contributed by atoms with E-state index in [0.717, 1.165) is 12.0 Å². The number of rotatable bonds is 8. The SMILES string of the molecule is CCc1ccc2oc(-c3ccco3)c(OCC(=O)Nc3cc(OC)ccc3OC)c(=O)c2c1. The maximum Gasteiger partial charge on any atom is 0.262 e. The highest BCUT2D eigenvalue weighted by Gasteiger charge is 2.21. The van der Waals surface area contributed by atoms with Crippen molar-refractivity contribution in [3.63, 3.8) is 0 Å². The number of hydrogen-bond acceptors (Lipinski definition) is 7. The summed E-state index contributed by atoms with van der Waals surface area (Å²) < 4.78 is 27.5. The number of carbonyl (C=O) groups is 1. The molecule has 0 bridgehead atoms. The van der Waals surface area contributed by atoms with Crippen molar-refractivity contribution < 1.29 is 27.8 Å². The fraction of sp³-hybridized carbons (Fsp3) is 0.200. The van der Waals surface area contributed by atoms with Crippen LogP contribution in [0.25, 0.3) is 22.5 Å². The lowest BCUT2D eigenvalue weighted by Gasteiger charge is -2.13. The Labute approximate surface area is 189 Å². The first-order chi connectivity index (χ1) is 16.0. The molecule has 0 aliphatic heterocycles. The summed E-state index contributed by atoms with van der Waals surface area (Å²) in [6.45, 7) is 1.56. The normalized spacial score (nSPS) is 10.8. The summed E-state index contributed by atoms with van der Waals surface area (Å²) in [5.41, 5.74) is 1.41. The largest absolute Gasteiger partial charge is 0.497 e. The molecule has 8 heteroatoms. The summed E-state index contributed by atoms with van der Waals surface area (Å²) >= 11 is 0. The Kier molecular flexibility index (Phi) is 6.35. The molecular weight excluding hydrogens is 426 g/mol. The summed E-state index contributed by atoms with van der Waals surface area (Å²) in [4.78, 5) is 25.9. The highest BCUT2D eigenvalue weighted by molar-refractivity contribution is 5.94. The zero-order chi connectivity index (χ0) is 23.4. The van der Waals surface area contributed by atoms with Crippen LogP contribution in [0.4, 0.5) is 5.69 Å². The fourth-order valence-corrected chi connectivity index (χ4v) is 3.38. The number of nitrogens with one attached hydrogen (secondary N) is 1. The molecule has 0 unspecified atom stereocenters. The molecule has 4 aromatic rings. The van der Waals surface area contributed by atoms with Crippen molar-refractivity contribution in [3.05, 3.63) is 70.6 Å². The van der Waals surface area contributed by atoms with Gasteiger partial charge in [0.05, 0.1) is 31.6 Å². The van der Waals surface area contributed by atoms with Gasteiger partial charge in [0, 0.05) is 6.07 Å². The first-order valence-corrected chi connectivity index (χ1v) is 10.3. The number of anilines is 1. The van der Waals surface area contributed by atoms with Gasteiger partial charge in [-0.25, -0.2) is 0 Å². The molecule has 2 aromatic carbocycles. The molecule has 8 nitrogen and oxygen atoms in total. The van der Waals surface area contributed by atoms with Crippen LogP contribution in [-0.2, 0) is 11.2 Å². The number of hydrogen-bond donors (Lipinski definition) is 1. The molecule has 0 fully saturated rings. The number of carbonyl (C=O) groups excluding carboxylic acids is 1. The first-order valence-electron chi connectivity index (χ1n) is 10.3. The molecule has 1 N–H and O–H groups in total. The van der Waals surface area contributed by atoms with Crippen LogP contribution in [0.15, 0.2) is 68.4 Å².